The lowest BCUT2D eigenvalue weighted by Crippen LogP contribution is -2.26. The lowest BCUT2D eigenvalue weighted by molar-refractivity contribution is 0.327. The average Bonchev–Trinajstić information content (AvgIpc) is 2.08. The van der Waals surface area contributed by atoms with Gasteiger partial charge in [-0.15, -0.1) is 0 Å². The van der Waals surface area contributed by atoms with Gasteiger partial charge in [-0.2, -0.15) is 0 Å². The minimum atomic E-state index is -0.219. The van der Waals surface area contributed by atoms with Gasteiger partial charge in [0.25, 0.3) is 0 Å². The van der Waals surface area contributed by atoms with E-state index in [0.29, 0.717) is 5.02 Å². The summed E-state index contributed by atoms with van der Waals surface area (Å²) >= 11 is 11.8. The summed E-state index contributed by atoms with van der Waals surface area (Å²) in [6, 6.07) is 2.82. The molecule has 1 atom stereocenters. The van der Waals surface area contributed by atoms with Gasteiger partial charge in [-0.3, -0.25) is 0 Å². The molecule has 0 radical (unpaired) electrons. The Morgan fingerprint density at radius 3 is 2.20 bits per heavy atom. The molecule has 1 aromatic carbocycles. The van der Waals surface area contributed by atoms with Crippen molar-refractivity contribution in [1.82, 2.24) is 0 Å². The van der Waals surface area contributed by atoms with Crippen LogP contribution < -0.4 is 5.73 Å². The molecule has 0 spiro atoms. The minimum absolute atomic E-state index is 0.0217. The number of nitrogens with two attached hydrogens (primary N) is 1. The fraction of sp³-hybridized carbons (Fsp3) is 0.455. The van der Waals surface area contributed by atoms with Crippen molar-refractivity contribution in [2.24, 2.45) is 11.1 Å². The number of aromatic hydroxyl groups is 1. The van der Waals surface area contributed by atoms with Gasteiger partial charge in [0.05, 0.1) is 5.02 Å². The van der Waals surface area contributed by atoms with Crippen LogP contribution in [0.15, 0.2) is 12.1 Å². The Hall–Kier alpha value is -0.440. The third-order valence-electron chi connectivity index (χ3n) is 2.33. The third kappa shape index (κ3) is 2.77. The van der Waals surface area contributed by atoms with Gasteiger partial charge >= 0.3 is 0 Å². The van der Waals surface area contributed by atoms with Crippen LogP contribution in [0.5, 0.6) is 5.75 Å². The number of rotatable bonds is 1. The Morgan fingerprint density at radius 1 is 1.20 bits per heavy atom. The maximum Gasteiger partial charge on any atom is 0.135 e. The van der Waals surface area contributed by atoms with E-state index >= 15 is 0 Å². The molecular formula is C11H15Cl2NO. The van der Waals surface area contributed by atoms with E-state index in [9.17, 15) is 5.11 Å². The fourth-order valence-corrected chi connectivity index (χ4v) is 1.70. The number of hydrogen-bond donors (Lipinski definition) is 2. The molecular weight excluding hydrogens is 233 g/mol. The van der Waals surface area contributed by atoms with Crippen molar-refractivity contribution in [2.45, 2.75) is 26.8 Å². The molecule has 0 aliphatic carbocycles. The summed E-state index contributed by atoms with van der Waals surface area (Å²) in [4.78, 5) is 0. The van der Waals surface area contributed by atoms with Gasteiger partial charge in [0.1, 0.15) is 5.75 Å². The van der Waals surface area contributed by atoms with Gasteiger partial charge in [0.2, 0.25) is 0 Å². The summed E-state index contributed by atoms with van der Waals surface area (Å²) in [7, 11) is 0. The topological polar surface area (TPSA) is 46.2 Å². The maximum absolute atomic E-state index is 9.35. The number of halogens is 2. The van der Waals surface area contributed by atoms with Crippen LogP contribution in [0.3, 0.4) is 0 Å². The van der Waals surface area contributed by atoms with E-state index in [4.69, 9.17) is 28.9 Å². The van der Waals surface area contributed by atoms with E-state index in [0.717, 1.165) is 5.56 Å². The van der Waals surface area contributed by atoms with Crippen LogP contribution >= 0.6 is 23.2 Å². The lowest BCUT2D eigenvalue weighted by atomic mass is 9.83. The standard InChI is InChI=1S/C11H15Cl2NO/c1-11(2,3)10(14)6-4-8(13)9(15)5-7(6)12/h4-5,10,15H,14H2,1-3H3. The highest BCUT2D eigenvalue weighted by atomic mass is 35.5. The number of hydrogen-bond acceptors (Lipinski definition) is 2. The summed E-state index contributed by atoms with van der Waals surface area (Å²) in [5, 5.41) is 10.1. The van der Waals surface area contributed by atoms with Gasteiger partial charge in [0.15, 0.2) is 0 Å². The SMILES string of the molecule is CC(C)(C)C(N)c1cc(Cl)c(O)cc1Cl. The molecule has 1 rings (SSSR count). The molecule has 15 heavy (non-hydrogen) atoms. The zero-order valence-corrected chi connectivity index (χ0v) is 10.5. The molecule has 2 nitrogen and oxygen atoms in total. The average molecular weight is 248 g/mol. The molecule has 0 fully saturated rings. The van der Waals surface area contributed by atoms with E-state index in [-0.39, 0.29) is 22.2 Å². The van der Waals surface area contributed by atoms with Gasteiger partial charge in [-0.1, -0.05) is 44.0 Å². The van der Waals surface area contributed by atoms with Crippen LogP contribution in [0.1, 0.15) is 32.4 Å². The summed E-state index contributed by atoms with van der Waals surface area (Å²) < 4.78 is 0. The predicted molar refractivity (Wildman–Crippen MR) is 64.5 cm³/mol. The van der Waals surface area contributed by atoms with Crippen molar-refractivity contribution in [3.63, 3.8) is 0 Å². The first-order valence-corrected chi connectivity index (χ1v) is 5.42. The second-order valence-corrected chi connectivity index (χ2v) is 5.48. The molecule has 0 aliphatic rings. The number of phenols is 1. The fourth-order valence-electron chi connectivity index (χ4n) is 1.26. The molecule has 3 N–H and O–H groups in total. The molecule has 0 heterocycles. The van der Waals surface area contributed by atoms with Crippen LogP contribution in [-0.2, 0) is 0 Å². The molecule has 1 unspecified atom stereocenters. The van der Waals surface area contributed by atoms with Crippen molar-refractivity contribution in [3.8, 4) is 5.75 Å². The molecule has 0 aliphatic heterocycles. The molecule has 0 saturated heterocycles. The molecule has 84 valence electrons. The third-order valence-corrected chi connectivity index (χ3v) is 2.96. The molecule has 0 saturated carbocycles. The van der Waals surface area contributed by atoms with Crippen molar-refractivity contribution < 1.29 is 5.11 Å². The Morgan fingerprint density at radius 2 is 1.73 bits per heavy atom. The van der Waals surface area contributed by atoms with Crippen molar-refractivity contribution >= 4 is 23.2 Å². The Labute approximate surface area is 100.0 Å². The van der Waals surface area contributed by atoms with Crippen LogP contribution in [0.25, 0.3) is 0 Å². The van der Waals surface area contributed by atoms with E-state index in [2.05, 4.69) is 0 Å². The highest BCUT2D eigenvalue weighted by molar-refractivity contribution is 6.34. The highest BCUT2D eigenvalue weighted by Gasteiger charge is 2.25. The summed E-state index contributed by atoms with van der Waals surface area (Å²) in [5.41, 5.74) is 6.72. The van der Waals surface area contributed by atoms with Gasteiger partial charge in [0, 0.05) is 17.1 Å². The maximum atomic E-state index is 9.35. The van der Waals surface area contributed by atoms with E-state index in [1.165, 1.54) is 6.07 Å². The lowest BCUT2D eigenvalue weighted by Gasteiger charge is -2.28. The largest absolute Gasteiger partial charge is 0.506 e. The van der Waals surface area contributed by atoms with Crippen molar-refractivity contribution in [3.05, 3.63) is 27.7 Å². The zero-order chi connectivity index (χ0) is 11.8. The first kappa shape index (κ1) is 12.6. The zero-order valence-electron chi connectivity index (χ0n) is 9.01. The first-order chi connectivity index (χ1) is 6.73. The smallest absolute Gasteiger partial charge is 0.135 e. The second kappa shape index (κ2) is 4.20. The Bertz CT molecular complexity index is 372. The summed E-state index contributed by atoms with van der Waals surface area (Å²) in [5.74, 6) is -0.0217. The second-order valence-electron chi connectivity index (χ2n) is 4.67. The molecule has 0 bridgehead atoms. The number of phenolic OH excluding ortho intramolecular Hbond substituents is 1. The molecule has 0 aromatic heterocycles. The quantitative estimate of drug-likeness (QED) is 0.795. The van der Waals surface area contributed by atoms with Crippen LogP contribution in [0.4, 0.5) is 0 Å². The summed E-state index contributed by atoms with van der Waals surface area (Å²) in [6.45, 7) is 6.07. The predicted octanol–water partition coefficient (Wildman–Crippen LogP) is 3.74. The number of benzene rings is 1. The van der Waals surface area contributed by atoms with E-state index < -0.39 is 0 Å². The van der Waals surface area contributed by atoms with Crippen molar-refractivity contribution in [2.75, 3.05) is 0 Å². The van der Waals surface area contributed by atoms with Crippen LogP contribution in [0, 0.1) is 5.41 Å². The summed E-state index contributed by atoms with van der Waals surface area (Å²) in [6.07, 6.45) is 0. The van der Waals surface area contributed by atoms with E-state index in [1.807, 2.05) is 20.8 Å². The van der Waals surface area contributed by atoms with Crippen LogP contribution in [-0.4, -0.2) is 5.11 Å². The molecule has 1 aromatic rings. The van der Waals surface area contributed by atoms with E-state index in [1.54, 1.807) is 6.07 Å². The minimum Gasteiger partial charge on any atom is -0.506 e. The van der Waals surface area contributed by atoms with Gasteiger partial charge in [-0.25, -0.2) is 0 Å². The molecule has 4 heteroatoms. The molecule has 0 amide bonds. The van der Waals surface area contributed by atoms with Crippen molar-refractivity contribution in [1.29, 1.82) is 0 Å². The van der Waals surface area contributed by atoms with Gasteiger partial charge < -0.3 is 10.8 Å². The Balaban J connectivity index is 3.21. The Kier molecular flexibility index (Phi) is 3.54. The normalized spacial score (nSPS) is 14.0. The monoisotopic (exact) mass is 247 g/mol. The first-order valence-electron chi connectivity index (χ1n) is 4.67. The van der Waals surface area contributed by atoms with Gasteiger partial charge in [-0.05, 0) is 17.0 Å². The highest BCUT2D eigenvalue weighted by Crippen LogP contribution is 2.38. The van der Waals surface area contributed by atoms with Crippen LogP contribution in [0.2, 0.25) is 10.0 Å².